The predicted octanol–water partition coefficient (Wildman–Crippen LogP) is 2.64. The summed E-state index contributed by atoms with van der Waals surface area (Å²) in [4.78, 5) is 12.1. The number of aryl methyl sites for hydroxylation is 1. The van der Waals surface area contributed by atoms with E-state index in [1.165, 1.54) is 19.2 Å². The van der Waals surface area contributed by atoms with E-state index in [4.69, 9.17) is 0 Å². The van der Waals surface area contributed by atoms with E-state index in [-0.39, 0.29) is 4.90 Å². The Kier molecular flexibility index (Phi) is 4.10. The number of thiophene rings is 1. The molecule has 0 bridgehead atoms. The average Bonchev–Trinajstić information content (AvgIpc) is 2.79. The van der Waals surface area contributed by atoms with Crippen LogP contribution in [0.1, 0.15) is 15.2 Å². The van der Waals surface area contributed by atoms with Crippen LogP contribution >= 0.6 is 11.3 Å². The minimum Gasteiger partial charge on any atom is -0.465 e. The Morgan fingerprint density at radius 1 is 1.25 bits per heavy atom. The van der Waals surface area contributed by atoms with Gasteiger partial charge in [0.15, 0.2) is 0 Å². The number of ether oxygens (including phenoxy) is 1. The monoisotopic (exact) mass is 311 g/mol. The third-order valence-electron chi connectivity index (χ3n) is 2.58. The van der Waals surface area contributed by atoms with Crippen LogP contribution in [-0.4, -0.2) is 21.5 Å². The molecule has 7 heteroatoms. The van der Waals surface area contributed by atoms with Crippen molar-refractivity contribution in [2.75, 3.05) is 11.8 Å². The normalized spacial score (nSPS) is 11.1. The van der Waals surface area contributed by atoms with Gasteiger partial charge in [-0.1, -0.05) is 18.2 Å². The molecule has 0 amide bonds. The van der Waals surface area contributed by atoms with Gasteiger partial charge in [-0.25, -0.2) is 13.2 Å². The molecule has 2 rings (SSSR count). The Labute approximate surface area is 121 Å². The van der Waals surface area contributed by atoms with Crippen molar-refractivity contribution in [1.29, 1.82) is 0 Å². The second kappa shape index (κ2) is 5.64. The molecule has 0 unspecified atom stereocenters. The Morgan fingerprint density at radius 2 is 1.90 bits per heavy atom. The van der Waals surface area contributed by atoms with Crippen molar-refractivity contribution >= 4 is 32.3 Å². The molecule has 5 nitrogen and oxygen atoms in total. The van der Waals surface area contributed by atoms with Crippen LogP contribution in [0.15, 0.2) is 41.3 Å². The van der Waals surface area contributed by atoms with Crippen LogP contribution in [-0.2, 0) is 14.8 Å². The average molecular weight is 311 g/mol. The maximum absolute atomic E-state index is 12.1. The molecule has 0 aliphatic heterocycles. The number of benzene rings is 1. The van der Waals surface area contributed by atoms with Crippen LogP contribution in [0.25, 0.3) is 0 Å². The van der Waals surface area contributed by atoms with Crippen LogP contribution in [0, 0.1) is 6.92 Å². The summed E-state index contributed by atoms with van der Waals surface area (Å²) in [6, 6.07) is 9.65. The van der Waals surface area contributed by atoms with Crippen LogP contribution in [0.4, 0.5) is 5.00 Å². The molecule has 0 fully saturated rings. The third-order valence-corrected chi connectivity index (χ3v) is 5.22. The zero-order chi connectivity index (χ0) is 14.8. The lowest BCUT2D eigenvalue weighted by atomic mass is 10.3. The molecule has 0 aliphatic carbocycles. The van der Waals surface area contributed by atoms with Crippen molar-refractivity contribution in [3.63, 3.8) is 0 Å². The van der Waals surface area contributed by atoms with E-state index in [0.29, 0.717) is 15.4 Å². The SMILES string of the molecule is COC(=O)c1sc(NS(=O)(=O)c2ccccc2)cc1C. The summed E-state index contributed by atoms with van der Waals surface area (Å²) in [5.41, 5.74) is 0.674. The highest BCUT2D eigenvalue weighted by Crippen LogP contribution is 2.29. The lowest BCUT2D eigenvalue weighted by Gasteiger charge is -2.05. The lowest BCUT2D eigenvalue weighted by molar-refractivity contribution is 0.0605. The predicted molar refractivity (Wildman–Crippen MR) is 77.6 cm³/mol. The van der Waals surface area contributed by atoms with E-state index in [2.05, 4.69) is 9.46 Å². The summed E-state index contributed by atoms with van der Waals surface area (Å²) < 4.78 is 31.4. The first-order valence-corrected chi connectivity index (χ1v) is 8.00. The fraction of sp³-hybridized carbons (Fsp3) is 0.154. The first-order chi connectivity index (χ1) is 9.44. The molecule has 2 aromatic rings. The van der Waals surface area contributed by atoms with Crippen LogP contribution in [0.5, 0.6) is 0 Å². The molecule has 0 saturated heterocycles. The highest BCUT2D eigenvalue weighted by Gasteiger charge is 2.18. The van der Waals surface area contributed by atoms with E-state index in [9.17, 15) is 13.2 Å². The number of nitrogens with one attached hydrogen (secondary N) is 1. The van der Waals surface area contributed by atoms with Crippen LogP contribution < -0.4 is 4.72 Å². The van der Waals surface area contributed by atoms with Crippen molar-refractivity contribution in [3.05, 3.63) is 46.8 Å². The standard InChI is InChI=1S/C13H13NO4S2/c1-9-8-11(19-12(9)13(15)18-2)14-20(16,17)10-6-4-3-5-7-10/h3-8,14H,1-2H3. The van der Waals surface area contributed by atoms with Gasteiger partial charge in [0.25, 0.3) is 10.0 Å². The number of hydrogen-bond acceptors (Lipinski definition) is 5. The van der Waals surface area contributed by atoms with Gasteiger partial charge in [-0.05, 0) is 30.7 Å². The molecule has 0 spiro atoms. The van der Waals surface area contributed by atoms with Gasteiger partial charge in [0.1, 0.15) is 9.88 Å². The van der Waals surface area contributed by atoms with Crippen molar-refractivity contribution in [3.8, 4) is 0 Å². The number of esters is 1. The van der Waals surface area contributed by atoms with Gasteiger partial charge in [0, 0.05) is 0 Å². The number of methoxy groups -OCH3 is 1. The lowest BCUT2D eigenvalue weighted by Crippen LogP contribution is -2.11. The Bertz CT molecular complexity index is 720. The second-order valence-corrected chi connectivity index (χ2v) is 6.77. The number of hydrogen-bond donors (Lipinski definition) is 1. The summed E-state index contributed by atoms with van der Waals surface area (Å²) >= 11 is 1.05. The zero-order valence-corrected chi connectivity index (χ0v) is 12.5. The topological polar surface area (TPSA) is 72.5 Å². The van der Waals surface area contributed by atoms with Gasteiger partial charge in [0.2, 0.25) is 0 Å². The molecule has 0 saturated carbocycles. The molecule has 1 heterocycles. The molecule has 1 aromatic heterocycles. The number of carbonyl (C=O) groups is 1. The molecule has 0 aliphatic rings. The van der Waals surface area contributed by atoms with Gasteiger partial charge in [-0.15, -0.1) is 11.3 Å². The van der Waals surface area contributed by atoms with E-state index in [1.54, 1.807) is 31.2 Å². The number of sulfonamides is 1. The van der Waals surface area contributed by atoms with Gasteiger partial charge < -0.3 is 4.74 Å². The zero-order valence-electron chi connectivity index (χ0n) is 10.9. The van der Waals surface area contributed by atoms with Crippen molar-refractivity contribution in [2.45, 2.75) is 11.8 Å². The Balaban J connectivity index is 2.29. The fourth-order valence-corrected chi connectivity index (χ4v) is 3.91. The van der Waals surface area contributed by atoms with E-state index in [1.807, 2.05) is 0 Å². The minimum atomic E-state index is -3.64. The summed E-state index contributed by atoms with van der Waals surface area (Å²) in [5, 5.41) is 0.381. The second-order valence-electron chi connectivity index (χ2n) is 4.03. The summed E-state index contributed by atoms with van der Waals surface area (Å²) in [6.07, 6.45) is 0. The molecule has 106 valence electrons. The summed E-state index contributed by atoms with van der Waals surface area (Å²) in [6.45, 7) is 1.73. The largest absolute Gasteiger partial charge is 0.465 e. The highest BCUT2D eigenvalue weighted by atomic mass is 32.2. The number of rotatable bonds is 4. The summed E-state index contributed by atoms with van der Waals surface area (Å²) in [5.74, 6) is -0.474. The van der Waals surface area contributed by atoms with E-state index < -0.39 is 16.0 Å². The van der Waals surface area contributed by atoms with E-state index in [0.717, 1.165) is 11.3 Å². The highest BCUT2D eigenvalue weighted by molar-refractivity contribution is 7.93. The van der Waals surface area contributed by atoms with Gasteiger partial charge in [-0.3, -0.25) is 4.72 Å². The van der Waals surface area contributed by atoms with Crippen molar-refractivity contribution < 1.29 is 17.9 Å². The van der Waals surface area contributed by atoms with Crippen molar-refractivity contribution in [1.82, 2.24) is 0 Å². The molecule has 0 atom stereocenters. The first-order valence-electron chi connectivity index (χ1n) is 5.70. The van der Waals surface area contributed by atoms with Gasteiger partial charge in [-0.2, -0.15) is 0 Å². The minimum absolute atomic E-state index is 0.172. The van der Waals surface area contributed by atoms with Gasteiger partial charge in [0.05, 0.1) is 12.0 Å². The van der Waals surface area contributed by atoms with Crippen molar-refractivity contribution in [2.24, 2.45) is 0 Å². The third kappa shape index (κ3) is 3.00. The smallest absolute Gasteiger partial charge is 0.348 e. The van der Waals surface area contributed by atoms with Crippen LogP contribution in [0.3, 0.4) is 0 Å². The van der Waals surface area contributed by atoms with Crippen LogP contribution in [0.2, 0.25) is 0 Å². The Hall–Kier alpha value is -1.86. The Morgan fingerprint density at radius 3 is 2.50 bits per heavy atom. The maximum atomic E-state index is 12.1. The fourth-order valence-electron chi connectivity index (χ4n) is 1.62. The summed E-state index contributed by atoms with van der Waals surface area (Å²) in [7, 11) is -2.35. The first kappa shape index (κ1) is 14.5. The number of carbonyl (C=O) groups excluding carboxylic acids is 1. The molecular weight excluding hydrogens is 298 g/mol. The van der Waals surface area contributed by atoms with Gasteiger partial charge >= 0.3 is 5.97 Å². The van der Waals surface area contributed by atoms with E-state index >= 15 is 0 Å². The molecule has 1 aromatic carbocycles. The molecule has 20 heavy (non-hydrogen) atoms. The maximum Gasteiger partial charge on any atom is 0.348 e. The quantitative estimate of drug-likeness (QED) is 0.881. The number of anilines is 1. The molecular formula is C13H13NO4S2. The molecule has 1 N–H and O–H groups in total. The molecule has 0 radical (unpaired) electrons.